The van der Waals surface area contributed by atoms with Crippen LogP contribution >= 0.6 is 11.8 Å². The first kappa shape index (κ1) is 11.1. The van der Waals surface area contributed by atoms with E-state index in [0.717, 1.165) is 18.5 Å². The smallest absolute Gasteiger partial charge is 0.0996 e. The van der Waals surface area contributed by atoms with Crippen LogP contribution in [-0.4, -0.2) is 12.1 Å². The maximum Gasteiger partial charge on any atom is 0.0996 e. The molecule has 0 fully saturated rings. The molecule has 2 N–H and O–H groups in total. The van der Waals surface area contributed by atoms with Gasteiger partial charge in [-0.3, -0.25) is 0 Å². The van der Waals surface area contributed by atoms with Crippen LogP contribution in [0.1, 0.15) is 19.8 Å². The molecular formula is C11H16N2S. The lowest BCUT2D eigenvalue weighted by molar-refractivity contribution is 0.982. The van der Waals surface area contributed by atoms with Crippen molar-refractivity contribution in [2.75, 3.05) is 6.26 Å². The molecule has 2 nitrogen and oxygen atoms in total. The van der Waals surface area contributed by atoms with E-state index in [1.807, 2.05) is 24.5 Å². The Morgan fingerprint density at radius 1 is 1.43 bits per heavy atom. The van der Waals surface area contributed by atoms with Gasteiger partial charge in [0.25, 0.3) is 0 Å². The highest BCUT2D eigenvalue weighted by Crippen LogP contribution is 2.27. The molecule has 0 unspecified atom stereocenters. The molecule has 0 bridgehead atoms. The van der Waals surface area contributed by atoms with Gasteiger partial charge in [0.1, 0.15) is 0 Å². The largest absolute Gasteiger partial charge is 0.387 e. The van der Waals surface area contributed by atoms with Crippen LogP contribution < -0.4 is 5.73 Å². The first-order valence-electron chi connectivity index (χ1n) is 4.74. The topological polar surface area (TPSA) is 38.4 Å². The van der Waals surface area contributed by atoms with Gasteiger partial charge in [0.2, 0.25) is 0 Å². The summed E-state index contributed by atoms with van der Waals surface area (Å²) in [6.07, 6.45) is 3.95. The summed E-state index contributed by atoms with van der Waals surface area (Å²) in [6, 6.07) is 8.05. The second-order valence-corrected chi connectivity index (χ2v) is 3.87. The van der Waals surface area contributed by atoms with Crippen molar-refractivity contribution in [3.05, 3.63) is 24.3 Å². The first-order valence-corrected chi connectivity index (χ1v) is 5.96. The van der Waals surface area contributed by atoms with Crippen molar-refractivity contribution in [1.82, 2.24) is 0 Å². The third-order valence-electron chi connectivity index (χ3n) is 1.86. The minimum Gasteiger partial charge on any atom is -0.387 e. The van der Waals surface area contributed by atoms with E-state index in [2.05, 4.69) is 18.0 Å². The summed E-state index contributed by atoms with van der Waals surface area (Å²) in [7, 11) is 0. The first-order chi connectivity index (χ1) is 6.77. The number of rotatable bonds is 4. The number of amidine groups is 1. The Bertz CT molecular complexity index is 321. The van der Waals surface area contributed by atoms with E-state index in [1.165, 1.54) is 4.90 Å². The molecule has 0 aromatic heterocycles. The van der Waals surface area contributed by atoms with Crippen LogP contribution in [0.3, 0.4) is 0 Å². The molecule has 3 heteroatoms. The molecule has 0 heterocycles. The molecule has 1 rings (SSSR count). The monoisotopic (exact) mass is 208 g/mol. The van der Waals surface area contributed by atoms with Crippen molar-refractivity contribution >= 4 is 23.3 Å². The molecule has 0 saturated carbocycles. The number of benzene rings is 1. The average Bonchev–Trinajstić information content (AvgIpc) is 2.19. The van der Waals surface area contributed by atoms with Gasteiger partial charge < -0.3 is 5.73 Å². The van der Waals surface area contributed by atoms with Gasteiger partial charge in [-0.15, -0.1) is 11.8 Å². The Balaban J connectivity index is 2.89. The molecule has 0 aliphatic heterocycles. The fourth-order valence-electron chi connectivity index (χ4n) is 1.19. The van der Waals surface area contributed by atoms with E-state index in [0.29, 0.717) is 5.84 Å². The van der Waals surface area contributed by atoms with Crippen LogP contribution in [0.2, 0.25) is 0 Å². The van der Waals surface area contributed by atoms with Crippen LogP contribution in [0.25, 0.3) is 0 Å². The van der Waals surface area contributed by atoms with Gasteiger partial charge in [-0.2, -0.15) is 0 Å². The summed E-state index contributed by atoms with van der Waals surface area (Å²) in [6.45, 7) is 2.10. The third kappa shape index (κ3) is 3.07. The highest BCUT2D eigenvalue weighted by molar-refractivity contribution is 7.98. The zero-order valence-corrected chi connectivity index (χ0v) is 9.47. The van der Waals surface area contributed by atoms with E-state index in [4.69, 9.17) is 5.73 Å². The van der Waals surface area contributed by atoms with Gasteiger partial charge >= 0.3 is 0 Å². The molecule has 1 aromatic rings. The van der Waals surface area contributed by atoms with Crippen molar-refractivity contribution in [2.24, 2.45) is 10.7 Å². The molecule has 0 aliphatic rings. The SMILES string of the molecule is CCCC(N)=Nc1ccccc1SC. The number of thioether (sulfide) groups is 1. The summed E-state index contributed by atoms with van der Waals surface area (Å²) in [5.41, 5.74) is 6.76. The van der Waals surface area contributed by atoms with Gasteiger partial charge in [0, 0.05) is 11.3 Å². The molecule has 1 aromatic carbocycles. The Labute approximate surface area is 89.6 Å². The third-order valence-corrected chi connectivity index (χ3v) is 2.64. The zero-order chi connectivity index (χ0) is 10.4. The van der Waals surface area contributed by atoms with Crippen LogP contribution in [0, 0.1) is 0 Å². The van der Waals surface area contributed by atoms with Crippen LogP contribution in [0.4, 0.5) is 5.69 Å². The Morgan fingerprint density at radius 2 is 2.14 bits per heavy atom. The maximum absolute atomic E-state index is 5.78. The predicted molar refractivity (Wildman–Crippen MR) is 64.4 cm³/mol. The normalized spacial score (nSPS) is 11.7. The van der Waals surface area contributed by atoms with E-state index in [1.54, 1.807) is 11.8 Å². The standard InChI is InChI=1S/C11H16N2S/c1-3-6-11(12)13-9-7-4-5-8-10(9)14-2/h4-5,7-8H,3,6H2,1-2H3,(H2,12,13). The molecule has 76 valence electrons. The van der Waals surface area contributed by atoms with Crippen LogP contribution in [0.5, 0.6) is 0 Å². The lowest BCUT2D eigenvalue weighted by atomic mass is 10.3. The van der Waals surface area contributed by atoms with E-state index >= 15 is 0 Å². The van der Waals surface area contributed by atoms with Gasteiger partial charge in [-0.1, -0.05) is 19.1 Å². The number of para-hydroxylation sites is 1. The van der Waals surface area contributed by atoms with Crippen molar-refractivity contribution < 1.29 is 0 Å². The average molecular weight is 208 g/mol. The maximum atomic E-state index is 5.78. The molecule has 14 heavy (non-hydrogen) atoms. The van der Waals surface area contributed by atoms with Gasteiger partial charge in [-0.05, 0) is 24.8 Å². The summed E-state index contributed by atoms with van der Waals surface area (Å²) >= 11 is 1.69. The summed E-state index contributed by atoms with van der Waals surface area (Å²) in [5.74, 6) is 0.717. The number of hydrogen-bond acceptors (Lipinski definition) is 2. The quantitative estimate of drug-likeness (QED) is 0.469. The van der Waals surface area contributed by atoms with Crippen LogP contribution in [0.15, 0.2) is 34.2 Å². The zero-order valence-electron chi connectivity index (χ0n) is 8.66. The number of aliphatic imine (C=N–C) groups is 1. The lowest BCUT2D eigenvalue weighted by Crippen LogP contribution is -2.09. The fraction of sp³-hybridized carbons (Fsp3) is 0.364. The summed E-state index contributed by atoms with van der Waals surface area (Å²) < 4.78 is 0. The highest BCUT2D eigenvalue weighted by Gasteiger charge is 1.98. The van der Waals surface area contributed by atoms with Crippen molar-refractivity contribution in [2.45, 2.75) is 24.7 Å². The molecule has 0 amide bonds. The minimum absolute atomic E-state index is 0.717. The van der Waals surface area contributed by atoms with Gasteiger partial charge in [0.05, 0.1) is 11.5 Å². The molecular weight excluding hydrogens is 192 g/mol. The molecule has 0 aliphatic carbocycles. The van der Waals surface area contributed by atoms with Crippen molar-refractivity contribution in [1.29, 1.82) is 0 Å². The van der Waals surface area contributed by atoms with Gasteiger partial charge in [0.15, 0.2) is 0 Å². The minimum atomic E-state index is 0.717. The summed E-state index contributed by atoms with van der Waals surface area (Å²) in [4.78, 5) is 5.57. The van der Waals surface area contributed by atoms with E-state index in [-0.39, 0.29) is 0 Å². The summed E-state index contributed by atoms with van der Waals surface area (Å²) in [5, 5.41) is 0. The Kier molecular flexibility index (Phi) is 4.53. The number of nitrogens with two attached hydrogens (primary N) is 1. The van der Waals surface area contributed by atoms with Crippen LogP contribution in [-0.2, 0) is 0 Å². The van der Waals surface area contributed by atoms with E-state index < -0.39 is 0 Å². The van der Waals surface area contributed by atoms with E-state index in [9.17, 15) is 0 Å². The second kappa shape index (κ2) is 5.70. The lowest BCUT2D eigenvalue weighted by Gasteiger charge is -2.03. The molecule has 0 atom stereocenters. The number of hydrogen-bond donors (Lipinski definition) is 1. The van der Waals surface area contributed by atoms with Gasteiger partial charge in [-0.25, -0.2) is 4.99 Å². The second-order valence-electron chi connectivity index (χ2n) is 3.02. The molecule has 0 saturated heterocycles. The predicted octanol–water partition coefficient (Wildman–Crippen LogP) is 3.20. The van der Waals surface area contributed by atoms with Crippen molar-refractivity contribution in [3.63, 3.8) is 0 Å². The molecule has 0 spiro atoms. The van der Waals surface area contributed by atoms with Crippen molar-refractivity contribution in [3.8, 4) is 0 Å². The fourth-order valence-corrected chi connectivity index (χ4v) is 1.73. The Hall–Kier alpha value is -0.960. The number of nitrogens with zero attached hydrogens (tertiary/aromatic N) is 1. The molecule has 0 radical (unpaired) electrons. The highest BCUT2D eigenvalue weighted by atomic mass is 32.2. The Morgan fingerprint density at radius 3 is 2.79 bits per heavy atom.